The molecule has 6 nitrogen and oxygen atoms in total. The summed E-state index contributed by atoms with van der Waals surface area (Å²) in [6.45, 7) is 7.14. The van der Waals surface area contributed by atoms with Gasteiger partial charge in [-0.15, -0.1) is 0 Å². The van der Waals surface area contributed by atoms with Crippen molar-refractivity contribution in [3.8, 4) is 0 Å². The van der Waals surface area contributed by atoms with Gasteiger partial charge in [0.1, 0.15) is 23.2 Å². The van der Waals surface area contributed by atoms with E-state index in [4.69, 9.17) is 0 Å². The standard InChI is InChI=1S/C23H33F2N3O3/c1-5-6-12-27(4)22(30)16-10-13-28(14-11-16)23(31)20(15(2)3)26-21(29)19-17(24)8-7-9-18(19)25/h7-9,15-16,20H,5-6,10-14H2,1-4H3,(H,26,29). The predicted molar refractivity (Wildman–Crippen MR) is 114 cm³/mol. The van der Waals surface area contributed by atoms with Crippen LogP contribution >= 0.6 is 0 Å². The van der Waals surface area contributed by atoms with Crippen molar-refractivity contribution in [2.45, 2.75) is 52.5 Å². The highest BCUT2D eigenvalue weighted by Gasteiger charge is 2.34. The molecule has 172 valence electrons. The van der Waals surface area contributed by atoms with Gasteiger partial charge < -0.3 is 15.1 Å². The number of nitrogens with zero attached hydrogens (tertiary/aromatic N) is 2. The molecule has 0 bridgehead atoms. The Morgan fingerprint density at radius 3 is 2.26 bits per heavy atom. The fourth-order valence-corrected chi connectivity index (χ4v) is 3.80. The number of carbonyl (C=O) groups excluding carboxylic acids is 3. The van der Waals surface area contributed by atoms with Crippen LogP contribution in [0.1, 0.15) is 56.8 Å². The van der Waals surface area contributed by atoms with E-state index in [0.29, 0.717) is 25.9 Å². The molecule has 0 saturated carbocycles. The molecule has 2 rings (SSSR count). The maximum atomic E-state index is 13.9. The summed E-state index contributed by atoms with van der Waals surface area (Å²) in [7, 11) is 1.81. The van der Waals surface area contributed by atoms with E-state index in [9.17, 15) is 23.2 Å². The Hall–Kier alpha value is -2.51. The van der Waals surface area contributed by atoms with Crippen LogP contribution in [0.4, 0.5) is 8.78 Å². The molecule has 1 aromatic rings. The molecule has 0 aliphatic carbocycles. The Kier molecular flexibility index (Phi) is 8.95. The molecule has 1 unspecified atom stereocenters. The summed E-state index contributed by atoms with van der Waals surface area (Å²) in [6, 6.07) is 2.27. The minimum Gasteiger partial charge on any atom is -0.346 e. The molecule has 1 N–H and O–H groups in total. The molecular weight excluding hydrogens is 404 g/mol. The van der Waals surface area contributed by atoms with Crippen LogP contribution in [-0.4, -0.2) is 60.2 Å². The third-order valence-electron chi connectivity index (χ3n) is 5.79. The second-order valence-electron chi connectivity index (χ2n) is 8.50. The third kappa shape index (κ3) is 6.24. The number of amides is 3. The van der Waals surface area contributed by atoms with Gasteiger partial charge in [0.2, 0.25) is 11.8 Å². The number of hydrogen-bond donors (Lipinski definition) is 1. The first-order valence-corrected chi connectivity index (χ1v) is 11.0. The molecule has 0 radical (unpaired) electrons. The first-order chi connectivity index (χ1) is 14.7. The molecule has 1 aliphatic heterocycles. The van der Waals surface area contributed by atoms with Gasteiger partial charge in [-0.25, -0.2) is 8.78 Å². The summed E-state index contributed by atoms with van der Waals surface area (Å²) in [5.74, 6) is -3.49. The van der Waals surface area contributed by atoms with Gasteiger partial charge in [-0.1, -0.05) is 33.3 Å². The van der Waals surface area contributed by atoms with Crippen LogP contribution in [0.3, 0.4) is 0 Å². The van der Waals surface area contributed by atoms with Crippen molar-refractivity contribution in [1.29, 1.82) is 0 Å². The molecule has 8 heteroatoms. The Labute approximate surface area is 183 Å². The van der Waals surface area contributed by atoms with E-state index in [2.05, 4.69) is 12.2 Å². The van der Waals surface area contributed by atoms with Gasteiger partial charge in [-0.05, 0) is 37.3 Å². The monoisotopic (exact) mass is 437 g/mol. The highest BCUT2D eigenvalue weighted by Crippen LogP contribution is 2.22. The van der Waals surface area contributed by atoms with Crippen LogP contribution in [-0.2, 0) is 9.59 Å². The van der Waals surface area contributed by atoms with Gasteiger partial charge in [-0.2, -0.15) is 0 Å². The number of halogens is 2. The van der Waals surface area contributed by atoms with E-state index >= 15 is 0 Å². The second kappa shape index (κ2) is 11.2. The molecule has 1 aliphatic rings. The maximum absolute atomic E-state index is 13.9. The Bertz CT molecular complexity index is 772. The fourth-order valence-electron chi connectivity index (χ4n) is 3.80. The van der Waals surface area contributed by atoms with Crippen LogP contribution in [0.15, 0.2) is 18.2 Å². The number of unbranched alkanes of at least 4 members (excludes halogenated alkanes) is 1. The Balaban J connectivity index is 2.00. The zero-order chi connectivity index (χ0) is 23.1. The topological polar surface area (TPSA) is 69.7 Å². The second-order valence-corrected chi connectivity index (χ2v) is 8.50. The van der Waals surface area contributed by atoms with Crippen molar-refractivity contribution >= 4 is 17.7 Å². The average molecular weight is 438 g/mol. The van der Waals surface area contributed by atoms with Crippen LogP contribution in [0.25, 0.3) is 0 Å². The van der Waals surface area contributed by atoms with Crippen LogP contribution < -0.4 is 5.32 Å². The summed E-state index contributed by atoms with van der Waals surface area (Å²) in [5, 5.41) is 2.50. The number of piperidine rings is 1. The van der Waals surface area contributed by atoms with Gasteiger partial charge in [-0.3, -0.25) is 14.4 Å². The van der Waals surface area contributed by atoms with Crippen LogP contribution in [0, 0.1) is 23.5 Å². The molecule has 1 saturated heterocycles. The lowest BCUT2D eigenvalue weighted by molar-refractivity contribution is -0.141. The molecule has 0 aromatic heterocycles. The zero-order valence-electron chi connectivity index (χ0n) is 18.8. The molecule has 3 amide bonds. The van der Waals surface area contributed by atoms with Gasteiger partial charge >= 0.3 is 0 Å². The summed E-state index contributed by atoms with van der Waals surface area (Å²) in [4.78, 5) is 41.5. The smallest absolute Gasteiger partial charge is 0.257 e. The molecule has 31 heavy (non-hydrogen) atoms. The van der Waals surface area contributed by atoms with E-state index in [1.165, 1.54) is 6.07 Å². The number of nitrogens with one attached hydrogen (secondary N) is 1. The number of benzene rings is 1. The highest BCUT2D eigenvalue weighted by atomic mass is 19.1. The Morgan fingerprint density at radius 1 is 1.16 bits per heavy atom. The van der Waals surface area contributed by atoms with Gasteiger partial charge in [0.05, 0.1) is 0 Å². The van der Waals surface area contributed by atoms with Gasteiger partial charge in [0, 0.05) is 32.6 Å². The van der Waals surface area contributed by atoms with E-state index < -0.39 is 29.1 Å². The SMILES string of the molecule is CCCCN(C)C(=O)C1CCN(C(=O)C(NC(=O)c2c(F)cccc2F)C(C)C)CC1. The van der Waals surface area contributed by atoms with E-state index in [1.807, 2.05) is 7.05 Å². The van der Waals surface area contributed by atoms with Crippen molar-refractivity contribution in [2.75, 3.05) is 26.7 Å². The summed E-state index contributed by atoms with van der Waals surface area (Å²) < 4.78 is 27.9. The summed E-state index contributed by atoms with van der Waals surface area (Å²) in [5.41, 5.74) is -0.694. The van der Waals surface area contributed by atoms with Crippen molar-refractivity contribution in [3.63, 3.8) is 0 Å². The van der Waals surface area contributed by atoms with E-state index in [1.54, 1.807) is 23.6 Å². The summed E-state index contributed by atoms with van der Waals surface area (Å²) >= 11 is 0. The van der Waals surface area contributed by atoms with Crippen LogP contribution in [0.5, 0.6) is 0 Å². The van der Waals surface area contributed by atoms with Gasteiger partial charge in [0.25, 0.3) is 5.91 Å². The molecular formula is C23H33F2N3O3. The normalized spacial score (nSPS) is 15.6. The number of carbonyl (C=O) groups is 3. The van der Waals surface area contributed by atoms with E-state index in [-0.39, 0.29) is 23.7 Å². The molecule has 1 heterocycles. The minimum absolute atomic E-state index is 0.101. The average Bonchev–Trinajstić information content (AvgIpc) is 2.74. The lowest BCUT2D eigenvalue weighted by Crippen LogP contribution is -2.54. The fraction of sp³-hybridized carbons (Fsp3) is 0.609. The van der Waals surface area contributed by atoms with Crippen molar-refractivity contribution in [2.24, 2.45) is 11.8 Å². The number of hydrogen-bond acceptors (Lipinski definition) is 3. The van der Waals surface area contributed by atoms with Gasteiger partial charge in [0.15, 0.2) is 0 Å². The first kappa shape index (κ1) is 24.8. The Morgan fingerprint density at radius 2 is 1.74 bits per heavy atom. The highest BCUT2D eigenvalue weighted by molar-refractivity contribution is 5.98. The molecule has 1 fully saturated rings. The van der Waals surface area contributed by atoms with Crippen molar-refractivity contribution < 1.29 is 23.2 Å². The molecule has 0 spiro atoms. The third-order valence-corrected chi connectivity index (χ3v) is 5.79. The zero-order valence-corrected chi connectivity index (χ0v) is 18.8. The largest absolute Gasteiger partial charge is 0.346 e. The molecule has 1 aromatic carbocycles. The lowest BCUT2D eigenvalue weighted by atomic mass is 9.93. The maximum Gasteiger partial charge on any atom is 0.257 e. The quantitative estimate of drug-likeness (QED) is 0.679. The van der Waals surface area contributed by atoms with Crippen molar-refractivity contribution in [3.05, 3.63) is 35.4 Å². The molecule has 1 atom stereocenters. The van der Waals surface area contributed by atoms with E-state index in [0.717, 1.165) is 31.5 Å². The van der Waals surface area contributed by atoms with Crippen LogP contribution in [0.2, 0.25) is 0 Å². The minimum atomic E-state index is -0.973. The van der Waals surface area contributed by atoms with Crippen molar-refractivity contribution in [1.82, 2.24) is 15.1 Å². The predicted octanol–water partition coefficient (Wildman–Crippen LogP) is 3.22. The lowest BCUT2D eigenvalue weighted by Gasteiger charge is -2.36. The first-order valence-electron chi connectivity index (χ1n) is 11.0. The number of rotatable bonds is 8. The number of likely N-dealkylation sites (tertiary alicyclic amines) is 1. The summed E-state index contributed by atoms with van der Waals surface area (Å²) in [6.07, 6.45) is 3.09.